The fourth-order valence-corrected chi connectivity index (χ4v) is 3.76. The van der Waals surface area contributed by atoms with E-state index in [1.54, 1.807) is 6.20 Å². The highest BCUT2D eigenvalue weighted by Gasteiger charge is 2.31. The van der Waals surface area contributed by atoms with Crippen LogP contribution in [0.3, 0.4) is 0 Å². The van der Waals surface area contributed by atoms with Crippen LogP contribution < -0.4 is 0 Å². The Labute approximate surface area is 163 Å². The van der Waals surface area contributed by atoms with Crippen molar-refractivity contribution in [1.82, 2.24) is 40.2 Å². The average Bonchev–Trinajstić information content (AvgIpc) is 3.39. The molecule has 0 spiro atoms. The lowest BCUT2D eigenvalue weighted by atomic mass is 9.94. The van der Waals surface area contributed by atoms with Gasteiger partial charge < -0.3 is 9.80 Å². The molecular weight excluding hydrogens is 356 g/mol. The third-order valence-corrected chi connectivity index (χ3v) is 5.05. The molecule has 9 heteroatoms. The number of piperidine rings is 1. The third-order valence-electron chi connectivity index (χ3n) is 5.05. The summed E-state index contributed by atoms with van der Waals surface area (Å²) in [6.07, 6.45) is 6.06. The number of benzene rings is 1. The van der Waals surface area contributed by atoms with Gasteiger partial charge in [0, 0.05) is 13.1 Å². The first-order valence-electron chi connectivity index (χ1n) is 9.45. The predicted molar refractivity (Wildman–Crippen MR) is 103 cm³/mol. The number of aromatic nitrogens is 6. The Morgan fingerprint density at radius 3 is 2.79 bits per heavy atom. The molecule has 3 heterocycles. The molecule has 0 bridgehead atoms. The van der Waals surface area contributed by atoms with Crippen LogP contribution in [0.5, 0.6) is 0 Å². The van der Waals surface area contributed by atoms with Crippen LogP contribution in [0.4, 0.5) is 0 Å². The number of hydrogen-bond acceptors (Lipinski definition) is 6. The Kier molecular flexibility index (Phi) is 5.16. The molecular formula is C19H24N8O. The minimum absolute atomic E-state index is 0.0543. The summed E-state index contributed by atoms with van der Waals surface area (Å²) in [5, 5.41) is 18.0. The van der Waals surface area contributed by atoms with Crippen molar-refractivity contribution in [3.05, 3.63) is 53.5 Å². The normalized spacial score (nSPS) is 17.2. The van der Waals surface area contributed by atoms with E-state index in [9.17, 15) is 4.79 Å². The van der Waals surface area contributed by atoms with Gasteiger partial charge in [-0.05, 0) is 54.9 Å². The molecule has 1 aliphatic rings. The maximum Gasteiger partial charge on any atom is 0.259 e. The Morgan fingerprint density at radius 1 is 1.25 bits per heavy atom. The molecule has 0 aliphatic carbocycles. The molecule has 0 radical (unpaired) electrons. The molecule has 1 atom stereocenters. The van der Waals surface area contributed by atoms with E-state index < -0.39 is 0 Å². The van der Waals surface area contributed by atoms with Gasteiger partial charge >= 0.3 is 0 Å². The molecule has 0 unspecified atom stereocenters. The predicted octanol–water partition coefficient (Wildman–Crippen LogP) is 1.81. The number of carbonyl (C=O) groups is 1. The minimum atomic E-state index is -0.0543. The lowest BCUT2D eigenvalue weighted by Crippen LogP contribution is -2.38. The third kappa shape index (κ3) is 3.65. The highest BCUT2D eigenvalue weighted by molar-refractivity contribution is 5.97. The lowest BCUT2D eigenvalue weighted by Gasteiger charge is -2.36. The second-order valence-corrected chi connectivity index (χ2v) is 7.38. The first-order chi connectivity index (χ1) is 13.6. The van der Waals surface area contributed by atoms with Crippen LogP contribution in [-0.2, 0) is 6.54 Å². The van der Waals surface area contributed by atoms with Gasteiger partial charge in [-0.3, -0.25) is 9.89 Å². The quantitative estimate of drug-likeness (QED) is 0.725. The Bertz CT molecular complexity index is 916. The van der Waals surface area contributed by atoms with Crippen molar-refractivity contribution in [1.29, 1.82) is 0 Å². The summed E-state index contributed by atoms with van der Waals surface area (Å²) >= 11 is 0. The van der Waals surface area contributed by atoms with Crippen LogP contribution >= 0.6 is 0 Å². The van der Waals surface area contributed by atoms with Gasteiger partial charge in [0.2, 0.25) is 0 Å². The molecule has 2 aromatic heterocycles. The largest absolute Gasteiger partial charge is 0.331 e. The van der Waals surface area contributed by atoms with Gasteiger partial charge in [-0.25, -0.2) is 0 Å². The fraction of sp³-hybridized carbons (Fsp3) is 0.421. The molecule has 1 N–H and O–H groups in total. The van der Waals surface area contributed by atoms with Gasteiger partial charge in [0.25, 0.3) is 5.91 Å². The second-order valence-electron chi connectivity index (χ2n) is 7.38. The SMILES string of the molecule is CN(C)Cc1ccc([C@@H]2CCCCN2C(=O)c2cn[nH]c2-n2cnnn2)cc1. The first kappa shape index (κ1) is 18.3. The lowest BCUT2D eigenvalue weighted by molar-refractivity contribution is 0.0611. The summed E-state index contributed by atoms with van der Waals surface area (Å²) in [4.78, 5) is 17.4. The summed E-state index contributed by atoms with van der Waals surface area (Å²) in [5.41, 5.74) is 2.91. The Morgan fingerprint density at radius 2 is 2.07 bits per heavy atom. The van der Waals surface area contributed by atoms with E-state index in [0.29, 0.717) is 11.4 Å². The zero-order chi connectivity index (χ0) is 19.5. The number of aromatic amines is 1. The number of amides is 1. The molecule has 4 rings (SSSR count). The Hall–Kier alpha value is -3.07. The smallest absolute Gasteiger partial charge is 0.259 e. The van der Waals surface area contributed by atoms with Gasteiger partial charge in [-0.1, -0.05) is 24.3 Å². The van der Waals surface area contributed by atoms with Crippen molar-refractivity contribution >= 4 is 5.91 Å². The summed E-state index contributed by atoms with van der Waals surface area (Å²) in [6.45, 7) is 1.63. The molecule has 146 valence electrons. The standard InChI is InChI=1S/C19H24N8O/c1-25(2)12-14-6-8-15(9-7-14)17-5-3-4-10-26(17)19(28)16-11-20-22-18(16)27-13-21-23-24-27/h6-9,11,13,17H,3-5,10,12H2,1-2H3,(H,20,22)/t17-/m0/s1. The van der Waals surface area contributed by atoms with E-state index in [4.69, 9.17) is 0 Å². The van der Waals surface area contributed by atoms with Gasteiger partial charge in [-0.2, -0.15) is 9.78 Å². The van der Waals surface area contributed by atoms with E-state index in [1.807, 2.05) is 4.90 Å². The van der Waals surface area contributed by atoms with Crippen LogP contribution in [0, 0.1) is 0 Å². The first-order valence-corrected chi connectivity index (χ1v) is 9.45. The van der Waals surface area contributed by atoms with Crippen molar-refractivity contribution in [2.24, 2.45) is 0 Å². The zero-order valence-corrected chi connectivity index (χ0v) is 16.1. The number of nitrogens with zero attached hydrogens (tertiary/aromatic N) is 7. The molecule has 1 amide bonds. The topological polar surface area (TPSA) is 95.8 Å². The molecule has 28 heavy (non-hydrogen) atoms. The summed E-state index contributed by atoms with van der Waals surface area (Å²) in [5.74, 6) is 0.432. The molecule has 9 nitrogen and oxygen atoms in total. The number of tetrazole rings is 1. The maximum atomic E-state index is 13.4. The van der Waals surface area contributed by atoms with Crippen molar-refractivity contribution in [3.8, 4) is 5.82 Å². The highest BCUT2D eigenvalue weighted by atomic mass is 16.2. The highest BCUT2D eigenvalue weighted by Crippen LogP contribution is 2.33. The number of carbonyl (C=O) groups excluding carboxylic acids is 1. The van der Waals surface area contributed by atoms with Crippen molar-refractivity contribution in [2.75, 3.05) is 20.6 Å². The molecule has 0 saturated carbocycles. The summed E-state index contributed by atoms with van der Waals surface area (Å²) < 4.78 is 1.43. The zero-order valence-electron chi connectivity index (χ0n) is 16.1. The van der Waals surface area contributed by atoms with Crippen molar-refractivity contribution in [3.63, 3.8) is 0 Å². The van der Waals surface area contributed by atoms with Gasteiger partial charge in [0.05, 0.1) is 12.2 Å². The molecule has 1 aliphatic heterocycles. The second kappa shape index (κ2) is 7.89. The molecule has 1 saturated heterocycles. The molecule has 1 aromatic carbocycles. The molecule has 3 aromatic rings. The number of rotatable bonds is 5. The average molecular weight is 380 g/mol. The fourth-order valence-electron chi connectivity index (χ4n) is 3.76. The summed E-state index contributed by atoms with van der Waals surface area (Å²) in [6, 6.07) is 8.65. The minimum Gasteiger partial charge on any atom is -0.331 e. The van der Waals surface area contributed by atoms with Crippen LogP contribution in [0.2, 0.25) is 0 Å². The van der Waals surface area contributed by atoms with Crippen molar-refractivity contribution in [2.45, 2.75) is 31.8 Å². The number of H-pyrrole nitrogens is 1. The van der Waals surface area contributed by atoms with Crippen LogP contribution in [0.1, 0.15) is 46.8 Å². The van der Waals surface area contributed by atoms with Crippen molar-refractivity contribution < 1.29 is 4.79 Å². The van der Waals surface area contributed by atoms with Crippen LogP contribution in [-0.4, -0.2) is 66.8 Å². The number of likely N-dealkylation sites (tertiary alicyclic amines) is 1. The van der Waals surface area contributed by atoms with E-state index >= 15 is 0 Å². The van der Waals surface area contributed by atoms with E-state index in [1.165, 1.54) is 22.1 Å². The number of hydrogen-bond donors (Lipinski definition) is 1. The maximum absolute atomic E-state index is 13.4. The van der Waals surface area contributed by atoms with E-state index in [-0.39, 0.29) is 11.9 Å². The van der Waals surface area contributed by atoms with Gasteiger partial charge in [-0.15, -0.1) is 5.10 Å². The van der Waals surface area contributed by atoms with Gasteiger partial charge in [0.1, 0.15) is 11.9 Å². The van der Waals surface area contributed by atoms with E-state index in [0.717, 1.165) is 32.4 Å². The number of nitrogens with one attached hydrogen (secondary N) is 1. The van der Waals surface area contributed by atoms with Crippen LogP contribution in [0.25, 0.3) is 5.82 Å². The Balaban J connectivity index is 1.59. The monoisotopic (exact) mass is 380 g/mol. The van der Waals surface area contributed by atoms with Gasteiger partial charge in [0.15, 0.2) is 5.82 Å². The summed E-state index contributed by atoms with van der Waals surface area (Å²) in [7, 11) is 4.12. The van der Waals surface area contributed by atoms with Crippen LogP contribution in [0.15, 0.2) is 36.8 Å². The van der Waals surface area contributed by atoms with E-state index in [2.05, 4.69) is 69.0 Å². The molecule has 1 fully saturated rings.